The largest absolute Gasteiger partial charge is 0.479 e. The molecule has 0 aliphatic rings. The summed E-state index contributed by atoms with van der Waals surface area (Å²) in [4.78, 5) is 104. The van der Waals surface area contributed by atoms with Crippen LogP contribution >= 0.6 is 0 Å². The van der Waals surface area contributed by atoms with E-state index < -0.39 is 71.6 Å². The highest BCUT2D eigenvalue weighted by atomic mass is 16.6. The van der Waals surface area contributed by atoms with Crippen LogP contribution in [-0.4, -0.2) is 117 Å². The minimum atomic E-state index is -1.57. The molecule has 1 heterocycles. The summed E-state index contributed by atoms with van der Waals surface area (Å²) in [6.45, 7) is 17.0. The van der Waals surface area contributed by atoms with E-state index in [4.69, 9.17) is 15.7 Å². The van der Waals surface area contributed by atoms with Crippen molar-refractivity contribution >= 4 is 52.1 Å². The van der Waals surface area contributed by atoms with Crippen LogP contribution in [0.3, 0.4) is 0 Å². The number of carbonyl (C=O) groups excluding carboxylic acids is 6. The number of ether oxygens (including phenoxy) is 1. The lowest BCUT2D eigenvalue weighted by Crippen LogP contribution is -2.51. The Bertz CT molecular complexity index is 1920. The molecule has 0 radical (unpaired) electrons. The molecule has 1 aromatic carbocycles. The van der Waals surface area contributed by atoms with E-state index in [0.29, 0.717) is 19.3 Å². The highest BCUT2D eigenvalue weighted by Gasteiger charge is 2.39. The van der Waals surface area contributed by atoms with Gasteiger partial charge in [0.2, 0.25) is 17.7 Å². The summed E-state index contributed by atoms with van der Waals surface area (Å²) in [5.74, 6) is -5.87. The Morgan fingerprint density at radius 2 is 1.21 bits per heavy atom. The van der Waals surface area contributed by atoms with Crippen molar-refractivity contribution < 1.29 is 43.4 Å². The van der Waals surface area contributed by atoms with Gasteiger partial charge in [0, 0.05) is 82.2 Å². The van der Waals surface area contributed by atoms with Crippen molar-refractivity contribution in [1.82, 2.24) is 19.7 Å². The number of Topliss-reactive ketones (excluding diaryl/α,β-unsaturated/α-hetero) is 2. The number of nitrogens with two attached hydrogens (primary N) is 1. The molecular formula is C48H74N6O9. The molecule has 0 saturated heterocycles. The highest BCUT2D eigenvalue weighted by Crippen LogP contribution is 2.28. The molecule has 0 saturated carbocycles. The van der Waals surface area contributed by atoms with Gasteiger partial charge >= 0.3 is 11.9 Å². The molecule has 0 spiro atoms. The summed E-state index contributed by atoms with van der Waals surface area (Å²) in [7, 11) is 4.53. The second-order valence-corrected chi connectivity index (χ2v) is 18.9. The van der Waals surface area contributed by atoms with Gasteiger partial charge in [-0.3, -0.25) is 24.0 Å². The van der Waals surface area contributed by atoms with E-state index in [1.807, 2.05) is 85.7 Å². The number of carboxylic acid groups (broad SMARTS) is 1. The molecule has 2 aromatic rings. The van der Waals surface area contributed by atoms with Crippen molar-refractivity contribution in [3.05, 3.63) is 36.0 Å². The van der Waals surface area contributed by atoms with Gasteiger partial charge in [-0.15, -0.1) is 0 Å². The lowest BCUT2D eigenvalue weighted by Gasteiger charge is -2.34. The highest BCUT2D eigenvalue weighted by molar-refractivity contribution is 5.97. The number of benzene rings is 1. The SMILES string of the molecule is CC(C)C[C@H](CC(=O)[C@H](Cc1c[nH]c2ccccc12)N(C)C(=O)[C@@H](CC(=O)[C@H](CC(C)C)N(C)C(=O)[C@@H](N)CC(C)C)CC(C)C)C(=O)N(C)[C@@H](C)C(=O)O[C@H](CCC#N)C(=O)O. The van der Waals surface area contributed by atoms with Gasteiger partial charge in [0.05, 0.1) is 24.2 Å². The molecule has 0 unspecified atom stereocenters. The molecule has 63 heavy (non-hydrogen) atoms. The van der Waals surface area contributed by atoms with E-state index in [0.717, 1.165) is 21.4 Å². The number of aromatic nitrogens is 1. The number of esters is 1. The maximum atomic E-state index is 14.8. The maximum Gasteiger partial charge on any atom is 0.345 e. The zero-order valence-corrected chi connectivity index (χ0v) is 39.7. The number of amides is 3. The molecule has 0 aliphatic heterocycles. The summed E-state index contributed by atoms with van der Waals surface area (Å²) < 4.78 is 5.19. The monoisotopic (exact) mass is 879 g/mol. The number of hydrogen-bond donors (Lipinski definition) is 3. The van der Waals surface area contributed by atoms with E-state index in [1.54, 1.807) is 20.3 Å². The van der Waals surface area contributed by atoms with Crippen molar-refractivity contribution in [3.8, 4) is 6.07 Å². The van der Waals surface area contributed by atoms with Crippen LogP contribution in [0.1, 0.15) is 119 Å². The molecule has 0 bridgehead atoms. The summed E-state index contributed by atoms with van der Waals surface area (Å²) >= 11 is 0. The third-order valence-electron chi connectivity index (χ3n) is 11.6. The molecule has 0 fully saturated rings. The number of likely N-dealkylation sites (N-methyl/N-ethyl adjacent to an activating group) is 3. The van der Waals surface area contributed by atoms with E-state index in [-0.39, 0.29) is 73.9 Å². The van der Waals surface area contributed by atoms with Crippen LogP contribution in [0.4, 0.5) is 0 Å². The topological polar surface area (TPSA) is 224 Å². The number of carboxylic acids is 1. The first kappa shape index (κ1) is 54.0. The molecule has 7 atom stereocenters. The normalized spacial score (nSPS) is 15.0. The Morgan fingerprint density at radius 1 is 0.714 bits per heavy atom. The molecule has 0 aliphatic carbocycles. The van der Waals surface area contributed by atoms with Crippen LogP contribution in [0.2, 0.25) is 0 Å². The van der Waals surface area contributed by atoms with Crippen molar-refractivity contribution in [3.63, 3.8) is 0 Å². The lowest BCUT2D eigenvalue weighted by atomic mass is 9.85. The second-order valence-electron chi connectivity index (χ2n) is 18.9. The minimum Gasteiger partial charge on any atom is -0.479 e. The number of hydrogen-bond acceptors (Lipinski definition) is 10. The summed E-state index contributed by atoms with van der Waals surface area (Å²) in [5, 5.41) is 19.3. The van der Waals surface area contributed by atoms with Crippen molar-refractivity contribution in [2.45, 2.75) is 150 Å². The third-order valence-corrected chi connectivity index (χ3v) is 11.6. The molecule has 350 valence electrons. The van der Waals surface area contributed by atoms with Gasteiger partial charge in [-0.05, 0) is 67.9 Å². The number of H-pyrrole nitrogens is 1. The summed E-state index contributed by atoms with van der Waals surface area (Å²) in [6.07, 6.45) is 0.982. The van der Waals surface area contributed by atoms with E-state index in [2.05, 4.69) is 4.98 Å². The van der Waals surface area contributed by atoms with Gasteiger partial charge < -0.3 is 35.3 Å². The Labute approximate surface area is 374 Å². The van der Waals surface area contributed by atoms with Crippen LogP contribution < -0.4 is 5.73 Å². The van der Waals surface area contributed by atoms with Crippen LogP contribution in [0, 0.1) is 46.8 Å². The summed E-state index contributed by atoms with van der Waals surface area (Å²) in [5.41, 5.74) is 7.91. The smallest absolute Gasteiger partial charge is 0.345 e. The Kier molecular flexibility index (Phi) is 21.7. The van der Waals surface area contributed by atoms with Crippen LogP contribution in [0.15, 0.2) is 30.5 Å². The van der Waals surface area contributed by atoms with Gasteiger partial charge in [0.1, 0.15) is 6.04 Å². The molecule has 15 nitrogen and oxygen atoms in total. The number of rotatable bonds is 27. The first-order chi connectivity index (χ1) is 29.4. The number of nitriles is 1. The van der Waals surface area contributed by atoms with Crippen molar-refractivity contribution in [2.24, 2.45) is 41.2 Å². The van der Waals surface area contributed by atoms with Gasteiger partial charge in [-0.25, -0.2) is 9.59 Å². The number of aromatic amines is 1. The number of nitrogens with zero attached hydrogens (tertiary/aromatic N) is 4. The van der Waals surface area contributed by atoms with E-state index >= 15 is 0 Å². The number of aliphatic carboxylic acids is 1. The predicted octanol–water partition coefficient (Wildman–Crippen LogP) is 6.17. The van der Waals surface area contributed by atoms with E-state index in [1.165, 1.54) is 23.8 Å². The molecular weight excluding hydrogens is 805 g/mol. The van der Waals surface area contributed by atoms with E-state index in [9.17, 15) is 38.7 Å². The second kappa shape index (κ2) is 25.3. The fourth-order valence-corrected chi connectivity index (χ4v) is 8.14. The van der Waals surface area contributed by atoms with Crippen molar-refractivity contribution in [1.29, 1.82) is 5.26 Å². The Morgan fingerprint density at radius 3 is 1.71 bits per heavy atom. The summed E-state index contributed by atoms with van der Waals surface area (Å²) in [6, 6.07) is 5.56. The zero-order chi connectivity index (χ0) is 47.9. The number of para-hydroxylation sites is 1. The Hall–Kier alpha value is -5.10. The zero-order valence-electron chi connectivity index (χ0n) is 39.7. The average Bonchev–Trinajstić information content (AvgIpc) is 3.62. The number of fused-ring (bicyclic) bond motifs is 1. The molecule has 15 heteroatoms. The molecule has 3 amide bonds. The standard InChI is InChI=1S/C48H74N6O9/c1-28(2)20-33(44(57)52(10)32(9)48(62)63-43(47(60)61)18-15-19-49)25-42(56)40(24-35-27-51-38-17-14-13-16-36(35)38)53(11)45(58)34(21-29(3)4)26-41(55)39(23-31(7)8)54(12)46(59)37(50)22-30(5)6/h13-14,16-17,27-34,37,39-40,43,51H,15,18,20-26,50H2,1-12H3,(H,60,61)/t32-,33+,34+,37-,39-,40-,43+/m0/s1. The predicted molar refractivity (Wildman–Crippen MR) is 242 cm³/mol. The number of carbonyl (C=O) groups is 7. The fourth-order valence-electron chi connectivity index (χ4n) is 8.14. The first-order valence-electron chi connectivity index (χ1n) is 22.4. The third kappa shape index (κ3) is 16.2. The number of nitrogens with one attached hydrogen (secondary N) is 1. The van der Waals surface area contributed by atoms with Crippen LogP contribution in [0.5, 0.6) is 0 Å². The first-order valence-corrected chi connectivity index (χ1v) is 22.4. The van der Waals surface area contributed by atoms with Crippen LogP contribution in [-0.2, 0) is 44.7 Å². The van der Waals surface area contributed by atoms with Gasteiger partial charge in [-0.2, -0.15) is 5.26 Å². The van der Waals surface area contributed by atoms with Crippen molar-refractivity contribution in [2.75, 3.05) is 21.1 Å². The molecule has 4 N–H and O–H groups in total. The Balaban J connectivity index is 2.56. The van der Waals surface area contributed by atoms with Gasteiger partial charge in [-0.1, -0.05) is 73.6 Å². The quantitative estimate of drug-likeness (QED) is 0.0860. The molecule has 2 rings (SSSR count). The minimum absolute atomic E-state index is 0.000300. The lowest BCUT2D eigenvalue weighted by molar-refractivity contribution is -0.169. The van der Waals surface area contributed by atoms with Crippen LogP contribution in [0.25, 0.3) is 10.9 Å². The molecule has 1 aromatic heterocycles. The maximum absolute atomic E-state index is 14.8. The fraction of sp³-hybridized carbons (Fsp3) is 0.667. The average molecular weight is 879 g/mol. The van der Waals surface area contributed by atoms with Gasteiger partial charge in [0.15, 0.2) is 17.7 Å². The number of ketones is 2. The van der Waals surface area contributed by atoms with Gasteiger partial charge in [0.25, 0.3) is 0 Å².